The van der Waals surface area contributed by atoms with Crippen molar-refractivity contribution in [1.82, 2.24) is 14.5 Å². The summed E-state index contributed by atoms with van der Waals surface area (Å²) in [5.41, 5.74) is -2.00. The number of alkyl halides is 3. The molecule has 1 unspecified atom stereocenters. The number of aromatic nitrogens is 2. The van der Waals surface area contributed by atoms with E-state index in [9.17, 15) is 22.8 Å². The predicted molar refractivity (Wildman–Crippen MR) is 98.3 cm³/mol. The summed E-state index contributed by atoms with van der Waals surface area (Å²) >= 11 is 0. The number of rotatable bonds is 1. The fraction of sp³-hybridized carbons (Fsp3) is 0.579. The third kappa shape index (κ3) is 4.18. The van der Waals surface area contributed by atoms with E-state index in [4.69, 9.17) is 4.74 Å². The molecule has 0 spiro atoms. The van der Waals surface area contributed by atoms with E-state index in [1.54, 1.807) is 25.7 Å². The summed E-state index contributed by atoms with van der Waals surface area (Å²) in [6.07, 6.45) is -3.58. The molecule has 6 nitrogen and oxygen atoms in total. The smallest absolute Gasteiger partial charge is 0.418 e. The minimum atomic E-state index is -4.57. The summed E-state index contributed by atoms with van der Waals surface area (Å²) in [4.78, 5) is 28.8. The summed E-state index contributed by atoms with van der Waals surface area (Å²) in [6, 6.07) is 3.29. The van der Waals surface area contributed by atoms with Crippen LogP contribution in [-0.4, -0.2) is 39.2 Å². The molecule has 154 valence electrons. The second kappa shape index (κ2) is 7.18. The Morgan fingerprint density at radius 1 is 1.18 bits per heavy atom. The van der Waals surface area contributed by atoms with Crippen LogP contribution >= 0.6 is 0 Å². The molecule has 1 fully saturated rings. The Labute approximate surface area is 160 Å². The van der Waals surface area contributed by atoms with Crippen molar-refractivity contribution in [3.05, 3.63) is 34.2 Å². The van der Waals surface area contributed by atoms with Gasteiger partial charge in [0.15, 0.2) is 0 Å². The van der Waals surface area contributed by atoms with Crippen LogP contribution in [0.3, 0.4) is 0 Å². The number of ether oxygens (including phenoxy) is 1. The SMILES string of the molecule is CC(C)(C)OC(=O)N1CCCC(n2c(=O)[nH]c3cccc(C(F)(F)F)c32)CC1. The first-order valence-corrected chi connectivity index (χ1v) is 9.26. The molecule has 9 heteroatoms. The number of H-pyrrole nitrogens is 1. The topological polar surface area (TPSA) is 67.3 Å². The zero-order chi connectivity index (χ0) is 20.7. The molecule has 1 aromatic carbocycles. The minimum Gasteiger partial charge on any atom is -0.444 e. The summed E-state index contributed by atoms with van der Waals surface area (Å²) in [7, 11) is 0. The molecule has 2 heterocycles. The second-order valence-corrected chi connectivity index (χ2v) is 8.05. The van der Waals surface area contributed by atoms with Gasteiger partial charge in [0.05, 0.1) is 16.6 Å². The number of halogens is 3. The fourth-order valence-corrected chi connectivity index (χ4v) is 3.60. The molecule has 1 aromatic heterocycles. The highest BCUT2D eigenvalue weighted by molar-refractivity contribution is 5.79. The van der Waals surface area contributed by atoms with E-state index in [2.05, 4.69) is 4.98 Å². The highest BCUT2D eigenvalue weighted by atomic mass is 19.4. The number of fused-ring (bicyclic) bond motifs is 1. The van der Waals surface area contributed by atoms with Gasteiger partial charge in [-0.25, -0.2) is 9.59 Å². The third-order valence-corrected chi connectivity index (χ3v) is 4.76. The number of nitrogens with one attached hydrogen (secondary N) is 1. The average Bonchev–Trinajstić information content (AvgIpc) is 2.74. The number of carbonyl (C=O) groups is 1. The van der Waals surface area contributed by atoms with Crippen LogP contribution in [0.15, 0.2) is 23.0 Å². The normalized spacial score (nSPS) is 18.9. The van der Waals surface area contributed by atoms with Gasteiger partial charge in [-0.15, -0.1) is 0 Å². The molecular weight excluding hydrogens is 375 g/mol. The molecule has 1 aliphatic rings. The van der Waals surface area contributed by atoms with Crippen LogP contribution in [0.1, 0.15) is 51.6 Å². The molecule has 1 amide bonds. The highest BCUT2D eigenvalue weighted by Gasteiger charge is 2.36. The zero-order valence-electron chi connectivity index (χ0n) is 16.1. The molecular formula is C19H24F3N3O3. The Morgan fingerprint density at radius 2 is 1.89 bits per heavy atom. The first-order valence-electron chi connectivity index (χ1n) is 9.26. The van der Waals surface area contributed by atoms with Gasteiger partial charge >= 0.3 is 18.0 Å². The number of hydrogen-bond acceptors (Lipinski definition) is 3. The Kier molecular flexibility index (Phi) is 5.20. The number of hydrogen-bond donors (Lipinski definition) is 1. The van der Waals surface area contributed by atoms with Crippen LogP contribution in [-0.2, 0) is 10.9 Å². The van der Waals surface area contributed by atoms with Gasteiger partial charge in [0.2, 0.25) is 0 Å². The highest BCUT2D eigenvalue weighted by Crippen LogP contribution is 2.36. The number of para-hydroxylation sites is 1. The third-order valence-electron chi connectivity index (χ3n) is 4.76. The van der Waals surface area contributed by atoms with Crippen LogP contribution in [0.2, 0.25) is 0 Å². The van der Waals surface area contributed by atoms with Crippen molar-refractivity contribution >= 4 is 17.1 Å². The molecule has 1 aliphatic heterocycles. The van der Waals surface area contributed by atoms with Crippen LogP contribution in [0, 0.1) is 0 Å². The molecule has 0 radical (unpaired) electrons. The zero-order valence-corrected chi connectivity index (χ0v) is 16.1. The van der Waals surface area contributed by atoms with Gasteiger partial charge < -0.3 is 14.6 Å². The molecule has 2 aromatic rings. The number of carbonyl (C=O) groups excluding carboxylic acids is 1. The lowest BCUT2D eigenvalue weighted by Gasteiger charge is -2.26. The monoisotopic (exact) mass is 399 g/mol. The van der Waals surface area contributed by atoms with Gasteiger partial charge in [0.25, 0.3) is 0 Å². The van der Waals surface area contributed by atoms with Crippen LogP contribution in [0.25, 0.3) is 11.0 Å². The first kappa shape index (κ1) is 20.3. The van der Waals surface area contributed by atoms with Gasteiger partial charge in [-0.05, 0) is 52.2 Å². The molecule has 3 rings (SSSR count). The van der Waals surface area contributed by atoms with Crippen LogP contribution < -0.4 is 5.69 Å². The maximum Gasteiger partial charge on any atom is 0.418 e. The van der Waals surface area contributed by atoms with Crippen molar-refractivity contribution < 1.29 is 22.7 Å². The first-order chi connectivity index (χ1) is 13.0. The van der Waals surface area contributed by atoms with Crippen molar-refractivity contribution in [2.24, 2.45) is 0 Å². The molecule has 1 N–H and O–H groups in total. The largest absolute Gasteiger partial charge is 0.444 e. The predicted octanol–water partition coefficient (Wildman–Crippen LogP) is 4.31. The molecule has 28 heavy (non-hydrogen) atoms. The number of imidazole rings is 1. The van der Waals surface area contributed by atoms with Crippen molar-refractivity contribution in [2.45, 2.75) is 57.9 Å². The van der Waals surface area contributed by atoms with Gasteiger partial charge in [0.1, 0.15) is 5.60 Å². The molecule has 0 saturated carbocycles. The summed E-state index contributed by atoms with van der Waals surface area (Å²) in [5.74, 6) is 0. The van der Waals surface area contributed by atoms with Crippen LogP contribution in [0.5, 0.6) is 0 Å². The van der Waals surface area contributed by atoms with Crippen LogP contribution in [0.4, 0.5) is 18.0 Å². The van der Waals surface area contributed by atoms with E-state index in [0.717, 1.165) is 6.07 Å². The van der Waals surface area contributed by atoms with Gasteiger partial charge in [-0.2, -0.15) is 13.2 Å². The van der Waals surface area contributed by atoms with Gasteiger partial charge in [-0.1, -0.05) is 6.07 Å². The van der Waals surface area contributed by atoms with E-state index in [0.29, 0.717) is 32.4 Å². The Morgan fingerprint density at radius 3 is 2.54 bits per heavy atom. The lowest BCUT2D eigenvalue weighted by Crippen LogP contribution is -2.37. The lowest BCUT2D eigenvalue weighted by atomic mass is 10.1. The van der Waals surface area contributed by atoms with Crippen molar-refractivity contribution in [3.63, 3.8) is 0 Å². The lowest BCUT2D eigenvalue weighted by molar-refractivity contribution is -0.136. The molecule has 1 saturated heterocycles. The number of likely N-dealkylation sites (tertiary alicyclic amines) is 1. The molecule has 1 atom stereocenters. The Hall–Kier alpha value is -2.45. The minimum absolute atomic E-state index is 0.129. The van der Waals surface area contributed by atoms with Gasteiger partial charge in [-0.3, -0.25) is 4.57 Å². The van der Waals surface area contributed by atoms with E-state index in [1.807, 2.05) is 0 Å². The Balaban J connectivity index is 1.91. The number of aromatic amines is 1. The number of amides is 1. The quantitative estimate of drug-likeness (QED) is 0.777. The summed E-state index contributed by atoms with van der Waals surface area (Å²) in [5, 5.41) is 0. The van der Waals surface area contributed by atoms with E-state index < -0.39 is 35.2 Å². The standard InChI is InChI=1S/C19H24F3N3O3/c1-18(2,3)28-17(27)24-10-5-6-12(9-11-24)25-15-13(19(20,21)22)7-4-8-14(15)23-16(25)26/h4,7-8,12H,5-6,9-11H2,1-3H3,(H,23,26). The maximum atomic E-state index is 13.5. The van der Waals surface area contributed by atoms with Gasteiger partial charge in [0, 0.05) is 19.1 Å². The van der Waals surface area contributed by atoms with E-state index in [1.165, 1.54) is 16.7 Å². The average molecular weight is 399 g/mol. The number of nitrogens with zero attached hydrogens (tertiary/aromatic N) is 2. The molecule has 0 bridgehead atoms. The second-order valence-electron chi connectivity index (χ2n) is 8.05. The van der Waals surface area contributed by atoms with E-state index in [-0.39, 0.29) is 11.0 Å². The Bertz CT molecular complexity index is 924. The molecule has 0 aliphatic carbocycles. The summed E-state index contributed by atoms with van der Waals surface area (Å²) < 4.78 is 47.0. The number of benzene rings is 1. The van der Waals surface area contributed by atoms with Crippen molar-refractivity contribution in [3.8, 4) is 0 Å². The fourth-order valence-electron chi connectivity index (χ4n) is 3.60. The van der Waals surface area contributed by atoms with Crippen molar-refractivity contribution in [1.29, 1.82) is 0 Å². The van der Waals surface area contributed by atoms with E-state index >= 15 is 0 Å². The maximum absolute atomic E-state index is 13.5. The summed E-state index contributed by atoms with van der Waals surface area (Å²) in [6.45, 7) is 6.07. The van der Waals surface area contributed by atoms with Crippen molar-refractivity contribution in [2.75, 3.05) is 13.1 Å².